The van der Waals surface area contributed by atoms with Crippen molar-refractivity contribution in [1.29, 1.82) is 0 Å². The maximum Gasteiger partial charge on any atom is 0.325 e. The van der Waals surface area contributed by atoms with E-state index in [1.807, 2.05) is 0 Å². The molecule has 5 nitrogen and oxygen atoms in total. The molecule has 3 N–H and O–H groups in total. The summed E-state index contributed by atoms with van der Waals surface area (Å²) < 4.78 is 23.2. The Kier molecular flexibility index (Phi) is 2.92. The third-order valence-corrected chi connectivity index (χ3v) is 5.04. The molecule has 0 radical (unpaired) electrons. The number of rotatable bonds is 3. The highest BCUT2D eigenvalue weighted by Gasteiger charge is 2.73. The molecule has 1 aromatic rings. The van der Waals surface area contributed by atoms with Crippen molar-refractivity contribution in [3.63, 3.8) is 0 Å². The Labute approximate surface area is 109 Å². The van der Waals surface area contributed by atoms with Crippen LogP contribution in [0.15, 0.2) is 24.3 Å². The first-order valence-corrected chi connectivity index (χ1v) is 7.49. The lowest BCUT2D eigenvalue weighted by atomic mass is 10.1. The van der Waals surface area contributed by atoms with Gasteiger partial charge in [-0.25, -0.2) is 8.42 Å². The number of carboxylic acid groups (broad SMARTS) is 1. The highest BCUT2D eigenvalue weighted by Crippen LogP contribution is 2.54. The predicted molar refractivity (Wildman–Crippen MR) is 67.4 cm³/mol. The lowest BCUT2D eigenvalue weighted by molar-refractivity contribution is -0.139. The van der Waals surface area contributed by atoms with E-state index in [4.69, 9.17) is 22.4 Å². The number of sulfone groups is 1. The molecule has 98 valence electrons. The molecule has 2 rings (SSSR count). The molecule has 0 spiro atoms. The molecular formula is C11H12ClNO4S. The van der Waals surface area contributed by atoms with Gasteiger partial charge in [0, 0.05) is 17.2 Å². The van der Waals surface area contributed by atoms with E-state index in [1.165, 1.54) is 0 Å². The largest absolute Gasteiger partial charge is 0.480 e. The number of nitrogens with two attached hydrogens (primary N) is 1. The van der Waals surface area contributed by atoms with Crippen LogP contribution in [0, 0.1) is 0 Å². The topological polar surface area (TPSA) is 97.5 Å². The summed E-state index contributed by atoms with van der Waals surface area (Å²) in [5.74, 6) is -2.08. The quantitative estimate of drug-likeness (QED) is 0.851. The zero-order chi connectivity index (χ0) is 13.7. The standard InChI is InChI=1S/C11H12ClNO4S/c1-18(16,17)9-8(11(9,13)10(14)15)6-3-2-4-7(12)5-6/h2-5,8-9H,13H2,1H3,(H,14,15)/t8-,9+,11+/m0/s1. The van der Waals surface area contributed by atoms with Gasteiger partial charge >= 0.3 is 5.97 Å². The van der Waals surface area contributed by atoms with Crippen molar-refractivity contribution < 1.29 is 18.3 Å². The Hall–Kier alpha value is -1.11. The summed E-state index contributed by atoms with van der Waals surface area (Å²) in [6, 6.07) is 6.44. The first kappa shape index (κ1) is 13.3. The second-order valence-corrected chi connectivity index (χ2v) is 7.12. The maximum atomic E-state index is 11.6. The van der Waals surface area contributed by atoms with Gasteiger partial charge in [-0.15, -0.1) is 0 Å². The number of carboxylic acids is 1. The minimum absolute atomic E-state index is 0.416. The molecule has 0 saturated heterocycles. The van der Waals surface area contributed by atoms with Gasteiger partial charge in [-0.05, 0) is 17.7 Å². The van der Waals surface area contributed by atoms with Crippen LogP contribution in [0.25, 0.3) is 0 Å². The summed E-state index contributed by atoms with van der Waals surface area (Å²) >= 11 is 5.81. The number of carbonyl (C=O) groups is 1. The lowest BCUT2D eigenvalue weighted by Crippen LogP contribution is -2.39. The predicted octanol–water partition coefficient (Wildman–Crippen LogP) is 0.633. The van der Waals surface area contributed by atoms with Gasteiger partial charge < -0.3 is 10.8 Å². The van der Waals surface area contributed by atoms with Gasteiger partial charge in [0.2, 0.25) is 0 Å². The van der Waals surface area contributed by atoms with Gasteiger partial charge in [-0.2, -0.15) is 0 Å². The summed E-state index contributed by atoms with van der Waals surface area (Å²) in [5.41, 5.74) is 4.49. The van der Waals surface area contributed by atoms with Gasteiger partial charge in [-0.1, -0.05) is 23.7 Å². The van der Waals surface area contributed by atoms with Crippen molar-refractivity contribution in [2.24, 2.45) is 5.73 Å². The highest BCUT2D eigenvalue weighted by atomic mass is 35.5. The van der Waals surface area contributed by atoms with Crippen molar-refractivity contribution in [3.8, 4) is 0 Å². The number of hydrogen-bond donors (Lipinski definition) is 2. The molecular weight excluding hydrogens is 278 g/mol. The van der Waals surface area contributed by atoms with Crippen molar-refractivity contribution >= 4 is 27.4 Å². The Morgan fingerprint density at radius 1 is 1.50 bits per heavy atom. The molecule has 3 atom stereocenters. The van der Waals surface area contributed by atoms with E-state index in [2.05, 4.69) is 0 Å². The highest BCUT2D eigenvalue weighted by molar-refractivity contribution is 7.91. The fraction of sp³-hybridized carbons (Fsp3) is 0.364. The average molecular weight is 290 g/mol. The van der Waals surface area contributed by atoms with E-state index in [0.717, 1.165) is 6.26 Å². The van der Waals surface area contributed by atoms with E-state index in [9.17, 15) is 13.2 Å². The third kappa shape index (κ3) is 1.90. The molecule has 1 aliphatic carbocycles. The molecule has 0 bridgehead atoms. The van der Waals surface area contributed by atoms with Crippen LogP contribution in [0.4, 0.5) is 0 Å². The molecule has 1 aromatic carbocycles. The Balaban J connectivity index is 2.49. The number of halogens is 1. The molecule has 1 fully saturated rings. The molecule has 1 aliphatic rings. The second-order valence-electron chi connectivity index (χ2n) is 4.52. The van der Waals surface area contributed by atoms with Crippen LogP contribution in [0.5, 0.6) is 0 Å². The smallest absolute Gasteiger partial charge is 0.325 e. The van der Waals surface area contributed by atoms with Crippen LogP contribution in [0.2, 0.25) is 5.02 Å². The Bertz CT molecular complexity index is 615. The Morgan fingerprint density at radius 2 is 2.11 bits per heavy atom. The summed E-state index contributed by atoms with van der Waals surface area (Å²) in [7, 11) is -3.54. The van der Waals surface area contributed by atoms with Crippen LogP contribution >= 0.6 is 11.6 Å². The zero-order valence-electron chi connectivity index (χ0n) is 9.50. The van der Waals surface area contributed by atoms with Crippen molar-refractivity contribution in [1.82, 2.24) is 0 Å². The van der Waals surface area contributed by atoms with Crippen LogP contribution in [-0.2, 0) is 14.6 Å². The maximum absolute atomic E-state index is 11.6. The summed E-state index contributed by atoms with van der Waals surface area (Å²) in [6.07, 6.45) is 0.993. The summed E-state index contributed by atoms with van der Waals surface area (Å²) in [4.78, 5) is 11.2. The van der Waals surface area contributed by atoms with Crippen molar-refractivity contribution in [3.05, 3.63) is 34.9 Å². The van der Waals surface area contributed by atoms with Crippen molar-refractivity contribution in [2.45, 2.75) is 16.7 Å². The SMILES string of the molecule is CS(=O)(=O)[C@@H]1[C@H](c2cccc(Cl)c2)[C@]1(N)C(=O)O. The van der Waals surface area contributed by atoms with E-state index < -0.39 is 32.5 Å². The molecule has 0 amide bonds. The fourth-order valence-corrected chi connectivity index (χ4v) is 4.33. The minimum atomic E-state index is -3.54. The minimum Gasteiger partial charge on any atom is -0.480 e. The van der Waals surface area contributed by atoms with Gasteiger partial charge in [0.15, 0.2) is 9.84 Å². The number of aliphatic carboxylic acids is 1. The van der Waals surface area contributed by atoms with Crippen LogP contribution in [0.1, 0.15) is 11.5 Å². The van der Waals surface area contributed by atoms with E-state index in [-0.39, 0.29) is 0 Å². The molecule has 0 heterocycles. The third-order valence-electron chi connectivity index (χ3n) is 3.22. The molecule has 7 heteroatoms. The molecule has 0 unspecified atom stereocenters. The monoisotopic (exact) mass is 289 g/mol. The summed E-state index contributed by atoms with van der Waals surface area (Å²) in [6.45, 7) is 0. The first-order chi connectivity index (χ1) is 8.19. The van der Waals surface area contributed by atoms with E-state index >= 15 is 0 Å². The lowest BCUT2D eigenvalue weighted by Gasteiger charge is -2.04. The molecule has 1 saturated carbocycles. The summed E-state index contributed by atoms with van der Waals surface area (Å²) in [5, 5.41) is 8.43. The fourth-order valence-electron chi connectivity index (χ4n) is 2.38. The number of hydrogen-bond acceptors (Lipinski definition) is 4. The normalized spacial score (nSPS) is 31.1. The van der Waals surface area contributed by atoms with Gasteiger partial charge in [0.1, 0.15) is 5.54 Å². The van der Waals surface area contributed by atoms with E-state index in [1.54, 1.807) is 24.3 Å². The van der Waals surface area contributed by atoms with Gasteiger partial charge in [0.25, 0.3) is 0 Å². The van der Waals surface area contributed by atoms with Crippen LogP contribution in [-0.4, -0.2) is 36.5 Å². The Morgan fingerprint density at radius 3 is 2.50 bits per heavy atom. The van der Waals surface area contributed by atoms with Gasteiger partial charge in [0.05, 0.1) is 5.25 Å². The first-order valence-electron chi connectivity index (χ1n) is 5.15. The second kappa shape index (κ2) is 3.94. The van der Waals surface area contributed by atoms with Crippen molar-refractivity contribution in [2.75, 3.05) is 6.26 Å². The molecule has 18 heavy (non-hydrogen) atoms. The van der Waals surface area contributed by atoms with Gasteiger partial charge in [-0.3, -0.25) is 4.79 Å². The van der Waals surface area contributed by atoms with Crippen LogP contribution < -0.4 is 5.73 Å². The molecule has 0 aromatic heterocycles. The zero-order valence-corrected chi connectivity index (χ0v) is 11.1. The van der Waals surface area contributed by atoms with E-state index in [0.29, 0.717) is 10.6 Å². The number of benzene rings is 1. The van der Waals surface area contributed by atoms with Crippen LogP contribution in [0.3, 0.4) is 0 Å². The average Bonchev–Trinajstić information content (AvgIpc) is 2.86. The molecule has 0 aliphatic heterocycles.